The van der Waals surface area contributed by atoms with Gasteiger partial charge in [-0.15, -0.1) is 0 Å². The molecule has 1 aromatic heterocycles. The molecule has 5 nitrogen and oxygen atoms in total. The molecule has 4 rings (SSSR count). The van der Waals surface area contributed by atoms with Crippen molar-refractivity contribution >= 4 is 28.5 Å². The highest BCUT2D eigenvalue weighted by atomic mass is 35.5. The van der Waals surface area contributed by atoms with Gasteiger partial charge in [-0.25, -0.2) is 8.60 Å². The molecule has 0 aliphatic carbocycles. The van der Waals surface area contributed by atoms with Gasteiger partial charge in [-0.2, -0.15) is 0 Å². The lowest BCUT2D eigenvalue weighted by Crippen LogP contribution is -2.56. The molecule has 0 radical (unpaired) electrons. The maximum Gasteiger partial charge on any atom is 0.253 e. The quantitative estimate of drug-likeness (QED) is 0.670. The fourth-order valence-corrected chi connectivity index (χ4v) is 4.42. The van der Waals surface area contributed by atoms with Crippen molar-refractivity contribution in [3.63, 3.8) is 0 Å². The highest BCUT2D eigenvalue weighted by molar-refractivity contribution is 7.83. The van der Waals surface area contributed by atoms with Crippen LogP contribution in [0.2, 0.25) is 5.02 Å². The Balaban J connectivity index is 1.78. The van der Waals surface area contributed by atoms with E-state index in [4.69, 9.17) is 11.6 Å². The summed E-state index contributed by atoms with van der Waals surface area (Å²) < 4.78 is 28.1. The number of hydrogen-bond acceptors (Lipinski definition) is 3. The standard InChI is InChI=1S/C20H17ClFN3O2S/c21-14-2-1-3-17(10-14)28(27)25-9-8-18(20(26)24-16-11-23-12-16)19(25)13-4-6-15(22)7-5-13/h1-10,16,23H,11-12H2,(H,24,26). The first kappa shape index (κ1) is 18.9. The molecule has 1 saturated heterocycles. The molecular formula is C20H17ClFN3O2S. The summed E-state index contributed by atoms with van der Waals surface area (Å²) in [6, 6.07) is 14.2. The predicted molar refractivity (Wildman–Crippen MR) is 107 cm³/mol. The summed E-state index contributed by atoms with van der Waals surface area (Å²) >= 11 is 6.03. The van der Waals surface area contributed by atoms with Gasteiger partial charge in [0, 0.05) is 29.9 Å². The number of amides is 1. The number of rotatable bonds is 5. The Morgan fingerprint density at radius 3 is 2.57 bits per heavy atom. The maximum absolute atomic E-state index is 13.4. The Morgan fingerprint density at radius 2 is 1.93 bits per heavy atom. The van der Waals surface area contributed by atoms with Crippen molar-refractivity contribution in [2.75, 3.05) is 13.1 Å². The van der Waals surface area contributed by atoms with E-state index in [2.05, 4.69) is 10.6 Å². The van der Waals surface area contributed by atoms with E-state index in [1.54, 1.807) is 48.7 Å². The van der Waals surface area contributed by atoms with E-state index in [1.165, 1.54) is 16.1 Å². The molecule has 1 amide bonds. The van der Waals surface area contributed by atoms with Gasteiger partial charge in [0.2, 0.25) is 0 Å². The van der Waals surface area contributed by atoms with Gasteiger partial charge in [0.15, 0.2) is 11.0 Å². The zero-order chi connectivity index (χ0) is 19.7. The summed E-state index contributed by atoms with van der Waals surface area (Å²) in [5.74, 6) is -0.642. The Kier molecular flexibility index (Phi) is 5.30. The molecule has 8 heteroatoms. The lowest BCUT2D eigenvalue weighted by atomic mass is 10.1. The van der Waals surface area contributed by atoms with Crippen molar-refractivity contribution in [1.82, 2.24) is 14.6 Å². The van der Waals surface area contributed by atoms with Crippen molar-refractivity contribution in [2.24, 2.45) is 0 Å². The van der Waals surface area contributed by atoms with Crippen molar-refractivity contribution in [3.05, 3.63) is 77.2 Å². The third kappa shape index (κ3) is 3.73. The molecule has 144 valence electrons. The van der Waals surface area contributed by atoms with E-state index in [-0.39, 0.29) is 17.8 Å². The van der Waals surface area contributed by atoms with Crippen LogP contribution in [0.1, 0.15) is 10.4 Å². The van der Waals surface area contributed by atoms with Crippen LogP contribution in [0.15, 0.2) is 65.7 Å². The van der Waals surface area contributed by atoms with Crippen LogP contribution in [0.3, 0.4) is 0 Å². The summed E-state index contributed by atoms with van der Waals surface area (Å²) in [6.07, 6.45) is 1.60. The van der Waals surface area contributed by atoms with Crippen molar-refractivity contribution in [1.29, 1.82) is 0 Å². The Hall–Kier alpha value is -2.48. The van der Waals surface area contributed by atoms with Gasteiger partial charge in [0.1, 0.15) is 5.82 Å². The number of benzene rings is 2. The van der Waals surface area contributed by atoms with Crippen LogP contribution < -0.4 is 10.6 Å². The number of halogens is 2. The smallest absolute Gasteiger partial charge is 0.253 e. The van der Waals surface area contributed by atoms with Gasteiger partial charge < -0.3 is 10.6 Å². The summed E-state index contributed by atoms with van der Waals surface area (Å²) in [5, 5.41) is 6.51. The van der Waals surface area contributed by atoms with E-state index in [0.29, 0.717) is 39.8 Å². The summed E-state index contributed by atoms with van der Waals surface area (Å²) in [5.41, 5.74) is 1.44. The van der Waals surface area contributed by atoms with E-state index in [1.807, 2.05) is 0 Å². The summed E-state index contributed by atoms with van der Waals surface area (Å²) in [6.45, 7) is 1.43. The van der Waals surface area contributed by atoms with Crippen molar-refractivity contribution in [2.45, 2.75) is 10.9 Å². The Morgan fingerprint density at radius 1 is 1.18 bits per heavy atom. The first-order valence-electron chi connectivity index (χ1n) is 8.69. The number of carbonyl (C=O) groups is 1. The molecule has 0 saturated carbocycles. The Labute approximate surface area is 169 Å². The fraction of sp³-hybridized carbons (Fsp3) is 0.150. The minimum atomic E-state index is -1.62. The SMILES string of the molecule is O=C(NC1CNC1)c1ccn(S(=O)c2cccc(Cl)c2)c1-c1ccc(F)cc1. The molecule has 1 aliphatic rings. The molecule has 2 heterocycles. The van der Waals surface area contributed by atoms with Crippen LogP contribution in [-0.4, -0.2) is 33.2 Å². The van der Waals surface area contributed by atoms with Crippen molar-refractivity contribution in [3.8, 4) is 11.3 Å². The van der Waals surface area contributed by atoms with Gasteiger partial charge in [-0.1, -0.05) is 17.7 Å². The molecule has 3 aromatic rings. The van der Waals surface area contributed by atoms with Crippen LogP contribution in [0.25, 0.3) is 11.3 Å². The Bertz CT molecular complexity index is 1050. The zero-order valence-electron chi connectivity index (χ0n) is 14.7. The molecule has 1 fully saturated rings. The first-order valence-corrected chi connectivity index (χ1v) is 10.2. The number of aromatic nitrogens is 1. The first-order chi connectivity index (χ1) is 13.5. The van der Waals surface area contributed by atoms with E-state index in [0.717, 1.165) is 0 Å². The molecule has 1 aliphatic heterocycles. The monoisotopic (exact) mass is 417 g/mol. The van der Waals surface area contributed by atoms with E-state index < -0.39 is 11.0 Å². The second-order valence-corrected chi connectivity index (χ2v) is 8.25. The lowest BCUT2D eigenvalue weighted by Gasteiger charge is -2.28. The second-order valence-electron chi connectivity index (χ2n) is 6.45. The van der Waals surface area contributed by atoms with Gasteiger partial charge in [-0.05, 0) is 48.5 Å². The van der Waals surface area contributed by atoms with E-state index in [9.17, 15) is 13.4 Å². The van der Waals surface area contributed by atoms with Gasteiger partial charge in [0.25, 0.3) is 5.91 Å². The minimum absolute atomic E-state index is 0.0651. The van der Waals surface area contributed by atoms with Crippen LogP contribution in [0.4, 0.5) is 4.39 Å². The normalized spacial score (nSPS) is 15.1. The van der Waals surface area contributed by atoms with Gasteiger partial charge >= 0.3 is 0 Å². The molecule has 0 bridgehead atoms. The predicted octanol–water partition coefficient (Wildman–Crippen LogP) is 3.22. The number of nitrogens with zero attached hydrogens (tertiary/aromatic N) is 1. The average molecular weight is 418 g/mol. The molecule has 1 atom stereocenters. The summed E-state index contributed by atoms with van der Waals surface area (Å²) in [4.78, 5) is 13.3. The number of carbonyl (C=O) groups excluding carboxylic acids is 1. The fourth-order valence-electron chi connectivity index (χ4n) is 2.97. The number of hydrogen-bond donors (Lipinski definition) is 2. The van der Waals surface area contributed by atoms with Gasteiger partial charge in [0.05, 0.1) is 22.2 Å². The van der Waals surface area contributed by atoms with Gasteiger partial charge in [-0.3, -0.25) is 8.77 Å². The van der Waals surface area contributed by atoms with Crippen LogP contribution in [0, 0.1) is 5.82 Å². The topological polar surface area (TPSA) is 63.1 Å². The highest BCUT2D eigenvalue weighted by Crippen LogP contribution is 2.28. The molecule has 1 unspecified atom stereocenters. The highest BCUT2D eigenvalue weighted by Gasteiger charge is 2.25. The van der Waals surface area contributed by atoms with Crippen LogP contribution in [0.5, 0.6) is 0 Å². The van der Waals surface area contributed by atoms with Crippen molar-refractivity contribution < 1.29 is 13.4 Å². The third-order valence-electron chi connectivity index (χ3n) is 4.51. The summed E-state index contributed by atoms with van der Waals surface area (Å²) in [7, 11) is -1.62. The second kappa shape index (κ2) is 7.87. The molecule has 2 aromatic carbocycles. The third-order valence-corrected chi connectivity index (χ3v) is 6.06. The molecule has 2 N–H and O–H groups in total. The molecular weight excluding hydrogens is 401 g/mol. The van der Waals surface area contributed by atoms with E-state index >= 15 is 0 Å². The zero-order valence-corrected chi connectivity index (χ0v) is 16.3. The minimum Gasteiger partial charge on any atom is -0.347 e. The largest absolute Gasteiger partial charge is 0.347 e. The molecule has 28 heavy (non-hydrogen) atoms. The van der Waals surface area contributed by atoms with Crippen LogP contribution >= 0.6 is 11.6 Å². The van der Waals surface area contributed by atoms with Crippen LogP contribution in [-0.2, 0) is 11.0 Å². The average Bonchev–Trinajstić information content (AvgIpc) is 3.09. The lowest BCUT2D eigenvalue weighted by molar-refractivity contribution is 0.0924. The molecule has 0 spiro atoms. The number of nitrogens with one attached hydrogen (secondary N) is 2. The maximum atomic E-state index is 13.4.